The summed E-state index contributed by atoms with van der Waals surface area (Å²) in [5.41, 5.74) is 21.1. The van der Waals surface area contributed by atoms with Gasteiger partial charge in [0, 0.05) is 27.8 Å². The summed E-state index contributed by atoms with van der Waals surface area (Å²) in [5.74, 6) is 0. The van der Waals surface area contributed by atoms with Gasteiger partial charge in [-0.15, -0.1) is 0 Å². The summed E-state index contributed by atoms with van der Waals surface area (Å²) in [4.78, 5) is 2.53. The van der Waals surface area contributed by atoms with E-state index >= 15 is 0 Å². The second-order valence-corrected chi connectivity index (χ2v) is 18.5. The van der Waals surface area contributed by atoms with Crippen LogP contribution in [0.1, 0.15) is 49.9 Å². The molecule has 0 N–H and O–H groups in total. The van der Waals surface area contributed by atoms with Crippen molar-refractivity contribution in [2.75, 3.05) is 4.90 Å². The van der Waals surface area contributed by atoms with Crippen LogP contribution in [0.5, 0.6) is 0 Å². The maximum atomic E-state index is 2.53. The zero-order valence-corrected chi connectivity index (χ0v) is 36.2. The fourth-order valence-corrected chi connectivity index (χ4v) is 11.1. The standard InChI is InChI=1S/C62H47N/c1-61(2)55-29-14-12-26-49(55)51-34-32-43(38-57(51)61)60-53(54-37-42-20-8-9-23-46(42)47-24-10-11-25-48(47)54)28-17-31-59(60)63(44-22-16-21-41(36-44)40-18-6-5-7-19-40)45-33-35-52-50-27-13-15-30-56(50)62(3,4)58(52)39-45/h5-39H,1-4H3. The molecule has 0 atom stereocenters. The fraction of sp³-hybridized carbons (Fsp3) is 0.0968. The highest BCUT2D eigenvalue weighted by Gasteiger charge is 2.37. The maximum absolute atomic E-state index is 2.53. The van der Waals surface area contributed by atoms with Gasteiger partial charge in [0.15, 0.2) is 0 Å². The van der Waals surface area contributed by atoms with Gasteiger partial charge in [-0.2, -0.15) is 0 Å². The molecule has 0 saturated carbocycles. The molecule has 2 aliphatic rings. The Morgan fingerprint density at radius 2 is 0.841 bits per heavy atom. The Hall–Kier alpha value is -7.48. The molecule has 10 aromatic carbocycles. The van der Waals surface area contributed by atoms with Gasteiger partial charge in [-0.25, -0.2) is 0 Å². The molecule has 0 radical (unpaired) electrons. The van der Waals surface area contributed by atoms with Gasteiger partial charge in [0.1, 0.15) is 0 Å². The minimum atomic E-state index is -0.158. The molecular weight excluding hydrogens is 759 g/mol. The third-order valence-corrected chi connectivity index (χ3v) is 14.3. The zero-order valence-electron chi connectivity index (χ0n) is 36.2. The molecule has 0 bridgehead atoms. The van der Waals surface area contributed by atoms with Crippen molar-refractivity contribution in [1.29, 1.82) is 0 Å². The number of hydrogen-bond donors (Lipinski definition) is 0. The molecule has 1 nitrogen and oxygen atoms in total. The monoisotopic (exact) mass is 805 g/mol. The Morgan fingerprint density at radius 1 is 0.302 bits per heavy atom. The normalized spacial score (nSPS) is 14.0. The molecule has 63 heavy (non-hydrogen) atoms. The average molecular weight is 806 g/mol. The molecule has 300 valence electrons. The van der Waals surface area contributed by atoms with Crippen molar-refractivity contribution in [3.05, 3.63) is 235 Å². The van der Waals surface area contributed by atoms with Crippen molar-refractivity contribution in [3.8, 4) is 55.6 Å². The molecule has 0 heterocycles. The molecule has 1 heteroatoms. The zero-order chi connectivity index (χ0) is 42.5. The van der Waals surface area contributed by atoms with Crippen LogP contribution in [0.2, 0.25) is 0 Å². The van der Waals surface area contributed by atoms with Crippen LogP contribution in [0.25, 0.3) is 77.2 Å². The van der Waals surface area contributed by atoms with Crippen LogP contribution < -0.4 is 4.90 Å². The topological polar surface area (TPSA) is 3.24 Å². The smallest absolute Gasteiger partial charge is 0.0546 e. The van der Waals surface area contributed by atoms with Crippen molar-refractivity contribution in [2.45, 2.75) is 38.5 Å². The van der Waals surface area contributed by atoms with E-state index in [0.717, 1.165) is 17.1 Å². The van der Waals surface area contributed by atoms with Gasteiger partial charge in [-0.3, -0.25) is 0 Å². The number of fused-ring (bicyclic) bond motifs is 9. The highest BCUT2D eigenvalue weighted by Crippen LogP contribution is 2.55. The van der Waals surface area contributed by atoms with Gasteiger partial charge >= 0.3 is 0 Å². The van der Waals surface area contributed by atoms with Crippen LogP contribution in [-0.4, -0.2) is 0 Å². The lowest BCUT2D eigenvalue weighted by Crippen LogP contribution is -2.17. The largest absolute Gasteiger partial charge is 0.310 e. The first-order valence-corrected chi connectivity index (χ1v) is 22.3. The minimum Gasteiger partial charge on any atom is -0.310 e. The van der Waals surface area contributed by atoms with E-state index in [4.69, 9.17) is 0 Å². The van der Waals surface area contributed by atoms with Gasteiger partial charge < -0.3 is 4.90 Å². The van der Waals surface area contributed by atoms with Gasteiger partial charge in [0.25, 0.3) is 0 Å². The predicted molar refractivity (Wildman–Crippen MR) is 268 cm³/mol. The number of anilines is 3. The van der Waals surface area contributed by atoms with Crippen molar-refractivity contribution in [3.63, 3.8) is 0 Å². The van der Waals surface area contributed by atoms with Crippen LogP contribution in [0.4, 0.5) is 17.1 Å². The first kappa shape index (κ1) is 37.3. The molecule has 10 aromatic rings. The van der Waals surface area contributed by atoms with Crippen molar-refractivity contribution in [2.24, 2.45) is 0 Å². The van der Waals surface area contributed by atoms with E-state index in [0.29, 0.717) is 0 Å². The second-order valence-electron chi connectivity index (χ2n) is 18.5. The molecule has 0 aliphatic heterocycles. The van der Waals surface area contributed by atoms with E-state index < -0.39 is 0 Å². The third-order valence-electron chi connectivity index (χ3n) is 14.3. The Kier molecular flexibility index (Phi) is 8.30. The number of rotatable bonds is 6. The summed E-state index contributed by atoms with van der Waals surface area (Å²) in [5, 5.41) is 5.02. The average Bonchev–Trinajstić information content (AvgIpc) is 3.70. The van der Waals surface area contributed by atoms with E-state index in [9.17, 15) is 0 Å². The van der Waals surface area contributed by atoms with Crippen molar-refractivity contribution >= 4 is 38.6 Å². The quantitative estimate of drug-likeness (QED) is 0.151. The van der Waals surface area contributed by atoms with E-state index in [1.807, 2.05) is 0 Å². The van der Waals surface area contributed by atoms with Gasteiger partial charge in [0.05, 0.1) is 5.69 Å². The molecule has 0 spiro atoms. The summed E-state index contributed by atoms with van der Waals surface area (Å²) < 4.78 is 0. The first-order chi connectivity index (χ1) is 30.8. The summed E-state index contributed by atoms with van der Waals surface area (Å²) in [7, 11) is 0. The van der Waals surface area contributed by atoms with E-state index in [2.05, 4.69) is 245 Å². The molecule has 0 saturated heterocycles. The maximum Gasteiger partial charge on any atom is 0.0546 e. The van der Waals surface area contributed by atoms with Crippen molar-refractivity contribution in [1.82, 2.24) is 0 Å². The Balaban J connectivity index is 1.17. The SMILES string of the molecule is CC1(C)c2ccccc2-c2ccc(-c3c(-c4cc5ccccc5c5ccccc45)cccc3N(c3cccc(-c4ccccc4)c3)c3ccc4c(c3)C(C)(C)c3ccccc3-4)cc21. The molecule has 12 rings (SSSR count). The first-order valence-electron chi connectivity index (χ1n) is 22.3. The third kappa shape index (κ3) is 5.69. The number of hydrogen-bond acceptors (Lipinski definition) is 1. The lowest BCUT2D eigenvalue weighted by atomic mass is 9.80. The van der Waals surface area contributed by atoms with Crippen LogP contribution in [0.3, 0.4) is 0 Å². The van der Waals surface area contributed by atoms with Gasteiger partial charge in [-0.05, 0) is 136 Å². The Bertz CT molecular complexity index is 3460. The lowest BCUT2D eigenvalue weighted by Gasteiger charge is -2.31. The molecule has 0 aromatic heterocycles. The highest BCUT2D eigenvalue weighted by molar-refractivity contribution is 6.16. The summed E-state index contributed by atoms with van der Waals surface area (Å²) in [6.45, 7) is 9.53. The number of benzene rings is 10. The molecule has 2 aliphatic carbocycles. The Labute approximate surface area is 370 Å². The summed E-state index contributed by atoms with van der Waals surface area (Å²) in [6.07, 6.45) is 0. The molecule has 0 unspecified atom stereocenters. The van der Waals surface area contributed by atoms with E-state index in [1.54, 1.807) is 0 Å². The van der Waals surface area contributed by atoms with Gasteiger partial charge in [0.2, 0.25) is 0 Å². The Morgan fingerprint density at radius 3 is 1.59 bits per heavy atom. The fourth-order valence-electron chi connectivity index (χ4n) is 11.1. The molecule has 0 fully saturated rings. The predicted octanol–water partition coefficient (Wildman–Crippen LogP) is 17.1. The van der Waals surface area contributed by atoms with Crippen molar-refractivity contribution < 1.29 is 0 Å². The van der Waals surface area contributed by atoms with E-state index in [-0.39, 0.29) is 10.8 Å². The number of nitrogens with zero attached hydrogens (tertiary/aromatic N) is 1. The van der Waals surface area contributed by atoms with Crippen LogP contribution >= 0.6 is 0 Å². The summed E-state index contributed by atoms with van der Waals surface area (Å²) >= 11 is 0. The highest BCUT2D eigenvalue weighted by atomic mass is 15.1. The van der Waals surface area contributed by atoms with Gasteiger partial charge in [-0.1, -0.05) is 198 Å². The molecular formula is C62H47N. The van der Waals surface area contributed by atoms with E-state index in [1.165, 1.54) is 99.4 Å². The van der Waals surface area contributed by atoms with Crippen LogP contribution in [-0.2, 0) is 10.8 Å². The molecule has 0 amide bonds. The second kappa shape index (κ2) is 14.0. The van der Waals surface area contributed by atoms with Crippen LogP contribution in [0, 0.1) is 0 Å². The summed E-state index contributed by atoms with van der Waals surface area (Å²) in [6, 6.07) is 79.4. The lowest BCUT2D eigenvalue weighted by molar-refractivity contribution is 0.660. The van der Waals surface area contributed by atoms with Crippen LogP contribution in [0.15, 0.2) is 212 Å². The minimum absolute atomic E-state index is 0.156.